The molecule has 1 saturated carbocycles. The number of rotatable bonds is 7. The molecule has 2 aromatic carbocycles. The van der Waals surface area contributed by atoms with E-state index in [1.807, 2.05) is 16.8 Å². The van der Waals surface area contributed by atoms with E-state index < -0.39 is 0 Å². The monoisotopic (exact) mass is 541 g/mol. The number of fused-ring (bicyclic) bond motifs is 1. The van der Waals surface area contributed by atoms with Crippen LogP contribution in [0.1, 0.15) is 72.3 Å². The highest BCUT2D eigenvalue weighted by molar-refractivity contribution is 5.81. The molecule has 1 aliphatic heterocycles. The van der Waals surface area contributed by atoms with Crippen molar-refractivity contribution in [2.45, 2.75) is 64.6 Å². The molecule has 210 valence electrons. The Kier molecular flexibility index (Phi) is 7.67. The summed E-state index contributed by atoms with van der Waals surface area (Å²) < 4.78 is 7.44. The maximum absolute atomic E-state index is 13.7. The lowest BCUT2D eigenvalue weighted by Crippen LogP contribution is -2.48. The van der Waals surface area contributed by atoms with Crippen molar-refractivity contribution >= 4 is 10.9 Å². The Hall–Kier alpha value is -3.56. The number of aryl methyl sites for hydroxylation is 2. The summed E-state index contributed by atoms with van der Waals surface area (Å²) in [5.74, 6) is 1.66. The van der Waals surface area contributed by atoms with E-state index in [1.165, 1.54) is 36.0 Å². The summed E-state index contributed by atoms with van der Waals surface area (Å²) in [7, 11) is 1.70. The van der Waals surface area contributed by atoms with Gasteiger partial charge < -0.3 is 9.72 Å². The van der Waals surface area contributed by atoms with Gasteiger partial charge in [0.15, 0.2) is 5.82 Å². The molecule has 0 radical (unpaired) electrons. The molecule has 9 heteroatoms. The third kappa shape index (κ3) is 5.40. The molecule has 3 heterocycles. The summed E-state index contributed by atoms with van der Waals surface area (Å²) >= 11 is 0. The van der Waals surface area contributed by atoms with E-state index in [9.17, 15) is 4.79 Å². The normalized spacial score (nSPS) is 18.3. The minimum Gasteiger partial charge on any atom is -0.497 e. The largest absolute Gasteiger partial charge is 0.497 e. The zero-order valence-electron chi connectivity index (χ0n) is 23.8. The lowest BCUT2D eigenvalue weighted by molar-refractivity contribution is 0.0982. The Morgan fingerprint density at radius 1 is 1.00 bits per heavy atom. The van der Waals surface area contributed by atoms with Gasteiger partial charge in [0.1, 0.15) is 11.8 Å². The zero-order valence-corrected chi connectivity index (χ0v) is 23.8. The van der Waals surface area contributed by atoms with Crippen molar-refractivity contribution in [3.8, 4) is 5.75 Å². The fraction of sp³-hybridized carbons (Fsp3) is 0.484. The molecule has 0 unspecified atom stereocenters. The molecule has 1 atom stereocenters. The van der Waals surface area contributed by atoms with Crippen molar-refractivity contribution in [3.63, 3.8) is 0 Å². The van der Waals surface area contributed by atoms with E-state index in [2.05, 4.69) is 74.5 Å². The molecule has 0 bridgehead atoms. The van der Waals surface area contributed by atoms with Crippen molar-refractivity contribution in [3.05, 3.63) is 80.9 Å². The number of methoxy groups -OCH3 is 1. The maximum atomic E-state index is 13.7. The van der Waals surface area contributed by atoms with Gasteiger partial charge in [0.25, 0.3) is 5.56 Å². The van der Waals surface area contributed by atoms with Crippen LogP contribution in [0, 0.1) is 13.8 Å². The second kappa shape index (κ2) is 11.5. The average molecular weight is 542 g/mol. The lowest BCUT2D eigenvalue weighted by atomic mass is 9.95. The summed E-state index contributed by atoms with van der Waals surface area (Å²) in [6.45, 7) is 8.47. The summed E-state index contributed by atoms with van der Waals surface area (Å²) in [5.41, 5.74) is 5.12. The van der Waals surface area contributed by atoms with Gasteiger partial charge in [0, 0.05) is 43.8 Å². The maximum Gasteiger partial charge on any atom is 0.253 e. The van der Waals surface area contributed by atoms with Gasteiger partial charge in [-0.15, -0.1) is 5.10 Å². The Morgan fingerprint density at radius 2 is 1.77 bits per heavy atom. The number of H-pyrrole nitrogens is 1. The standard InChI is InChI=1S/C31H39N7O2/c1-21-16-24-19-27(31(39)32-28(24)17-22(21)2)29(30-33-34-35-38(30)25-9-5-4-6-10-25)37-14-12-36(13-15-37)20-23-8-7-11-26(18-23)40-3/h7-8,11,16-19,25,29H,4-6,9-10,12-15,20H2,1-3H3,(H,32,39)/t29-/m0/s1. The van der Waals surface area contributed by atoms with Crippen LogP contribution in [0.15, 0.2) is 47.3 Å². The Bertz CT molecular complexity index is 1530. The quantitative estimate of drug-likeness (QED) is 0.367. The molecule has 2 fully saturated rings. The second-order valence-corrected chi connectivity index (χ2v) is 11.4. The molecular formula is C31H39N7O2. The van der Waals surface area contributed by atoms with Crippen molar-refractivity contribution in [1.82, 2.24) is 35.0 Å². The van der Waals surface area contributed by atoms with Crippen molar-refractivity contribution in [2.75, 3.05) is 33.3 Å². The summed E-state index contributed by atoms with van der Waals surface area (Å²) in [6.07, 6.45) is 5.78. The topological polar surface area (TPSA) is 92.2 Å². The summed E-state index contributed by atoms with van der Waals surface area (Å²) in [5, 5.41) is 14.2. The van der Waals surface area contributed by atoms with Crippen LogP contribution in [0.5, 0.6) is 5.75 Å². The zero-order chi connectivity index (χ0) is 27.6. The van der Waals surface area contributed by atoms with Crippen LogP contribution in [0.2, 0.25) is 0 Å². The van der Waals surface area contributed by atoms with Gasteiger partial charge in [-0.25, -0.2) is 4.68 Å². The SMILES string of the molecule is COc1cccc(CN2CCN([C@@H](c3cc4cc(C)c(C)cc4[nH]c3=O)c3nnnn3C3CCCCC3)CC2)c1. The van der Waals surface area contributed by atoms with E-state index >= 15 is 0 Å². The number of tetrazole rings is 1. The second-order valence-electron chi connectivity index (χ2n) is 11.4. The van der Waals surface area contributed by atoms with Crippen molar-refractivity contribution in [1.29, 1.82) is 0 Å². The fourth-order valence-electron chi connectivity index (χ4n) is 6.37. The third-order valence-corrected chi connectivity index (χ3v) is 8.78. The van der Waals surface area contributed by atoms with E-state index in [0.717, 1.165) is 68.0 Å². The molecule has 1 saturated heterocycles. The summed E-state index contributed by atoms with van der Waals surface area (Å²) in [4.78, 5) is 21.7. The van der Waals surface area contributed by atoms with Crippen molar-refractivity contribution < 1.29 is 4.74 Å². The first-order valence-corrected chi connectivity index (χ1v) is 14.5. The molecule has 0 amide bonds. The van der Waals surface area contributed by atoms with Crippen LogP contribution < -0.4 is 10.3 Å². The van der Waals surface area contributed by atoms with Gasteiger partial charge in [-0.2, -0.15) is 0 Å². The van der Waals surface area contributed by atoms with Gasteiger partial charge in [-0.3, -0.25) is 14.6 Å². The number of nitrogens with zero attached hydrogens (tertiary/aromatic N) is 6. The minimum atomic E-state index is -0.314. The first-order chi connectivity index (χ1) is 19.5. The van der Waals surface area contributed by atoms with Crippen LogP contribution in [-0.2, 0) is 6.54 Å². The van der Waals surface area contributed by atoms with Crippen molar-refractivity contribution in [2.24, 2.45) is 0 Å². The number of nitrogens with one attached hydrogen (secondary N) is 1. The number of pyridine rings is 1. The minimum absolute atomic E-state index is 0.0715. The van der Waals surface area contributed by atoms with Crippen LogP contribution >= 0.6 is 0 Å². The molecule has 1 N–H and O–H groups in total. The first-order valence-electron chi connectivity index (χ1n) is 14.5. The smallest absolute Gasteiger partial charge is 0.253 e. The lowest BCUT2D eigenvalue weighted by Gasteiger charge is -2.39. The van der Waals surface area contributed by atoms with E-state index in [0.29, 0.717) is 5.56 Å². The molecule has 40 heavy (non-hydrogen) atoms. The average Bonchev–Trinajstić information content (AvgIpc) is 3.45. The van der Waals surface area contributed by atoms with Gasteiger partial charge in [0.05, 0.1) is 13.2 Å². The number of benzene rings is 2. The van der Waals surface area contributed by atoms with Crippen LogP contribution in [0.3, 0.4) is 0 Å². The van der Waals surface area contributed by atoms with Gasteiger partial charge in [0.2, 0.25) is 0 Å². The molecule has 9 nitrogen and oxygen atoms in total. The Labute approximate surface area is 235 Å². The first kappa shape index (κ1) is 26.7. The van der Waals surface area contributed by atoms with Crippen LogP contribution in [-0.4, -0.2) is 68.3 Å². The number of aromatic nitrogens is 5. The summed E-state index contributed by atoms with van der Waals surface area (Å²) in [6, 6.07) is 14.5. The van der Waals surface area contributed by atoms with Gasteiger partial charge in [-0.05, 0) is 89.5 Å². The highest BCUT2D eigenvalue weighted by Gasteiger charge is 2.34. The molecule has 6 rings (SSSR count). The van der Waals surface area contributed by atoms with E-state index in [1.54, 1.807) is 7.11 Å². The highest BCUT2D eigenvalue weighted by Crippen LogP contribution is 2.33. The van der Waals surface area contributed by atoms with E-state index in [4.69, 9.17) is 4.74 Å². The van der Waals surface area contributed by atoms with Crippen LogP contribution in [0.4, 0.5) is 0 Å². The Balaban J connectivity index is 1.33. The number of ether oxygens (including phenoxy) is 1. The van der Waals surface area contributed by atoms with Gasteiger partial charge >= 0.3 is 0 Å². The number of aromatic amines is 1. The molecule has 4 aromatic rings. The predicted octanol–water partition coefficient (Wildman–Crippen LogP) is 4.55. The molecule has 1 aliphatic carbocycles. The van der Waals surface area contributed by atoms with E-state index in [-0.39, 0.29) is 17.6 Å². The molecule has 0 spiro atoms. The molecule has 2 aliphatic rings. The number of piperazine rings is 1. The van der Waals surface area contributed by atoms with Gasteiger partial charge in [-0.1, -0.05) is 31.4 Å². The molecular weight excluding hydrogens is 502 g/mol. The molecule has 2 aromatic heterocycles. The van der Waals surface area contributed by atoms with Crippen LogP contribution in [0.25, 0.3) is 10.9 Å². The third-order valence-electron chi connectivity index (χ3n) is 8.78. The highest BCUT2D eigenvalue weighted by atomic mass is 16.5. The number of hydrogen-bond acceptors (Lipinski definition) is 7. The number of hydrogen-bond donors (Lipinski definition) is 1. The predicted molar refractivity (Wildman–Crippen MR) is 156 cm³/mol. The Morgan fingerprint density at radius 3 is 2.55 bits per heavy atom. The fourth-order valence-corrected chi connectivity index (χ4v) is 6.37.